The summed E-state index contributed by atoms with van der Waals surface area (Å²) in [4.78, 5) is 12.8. The second-order valence-corrected chi connectivity index (χ2v) is 7.64. The molecule has 132 valence electrons. The standard InChI is InChI=1S/C20H21Cl2NO2/c1-23(13-19(24)25)11-10-20(15-2-4-16(21)5-3-15)9-8-14-12-17(22)6-7-18(14)20/h2-7,12H,8-11,13H2,1H3,(H,24,25)/t20-/m0/s1. The Morgan fingerprint density at radius 3 is 2.52 bits per heavy atom. The summed E-state index contributed by atoms with van der Waals surface area (Å²) in [5.74, 6) is -0.804. The minimum atomic E-state index is -0.804. The van der Waals surface area contributed by atoms with E-state index in [2.05, 4.69) is 24.3 Å². The summed E-state index contributed by atoms with van der Waals surface area (Å²) in [7, 11) is 1.85. The monoisotopic (exact) mass is 377 g/mol. The molecule has 0 aliphatic heterocycles. The van der Waals surface area contributed by atoms with Gasteiger partial charge in [0.25, 0.3) is 0 Å². The molecule has 1 N–H and O–H groups in total. The highest BCUT2D eigenvalue weighted by atomic mass is 35.5. The van der Waals surface area contributed by atoms with Crippen molar-refractivity contribution in [3.05, 3.63) is 69.2 Å². The van der Waals surface area contributed by atoms with Gasteiger partial charge in [0.2, 0.25) is 0 Å². The van der Waals surface area contributed by atoms with Gasteiger partial charge in [0.15, 0.2) is 0 Å². The molecule has 3 nitrogen and oxygen atoms in total. The average molecular weight is 378 g/mol. The zero-order valence-electron chi connectivity index (χ0n) is 14.1. The van der Waals surface area contributed by atoms with Crippen LogP contribution in [-0.4, -0.2) is 36.1 Å². The van der Waals surface area contributed by atoms with E-state index >= 15 is 0 Å². The Labute approximate surface area is 158 Å². The summed E-state index contributed by atoms with van der Waals surface area (Å²) in [6.45, 7) is 0.751. The first-order chi connectivity index (χ1) is 11.9. The number of carboxylic acids is 1. The molecule has 25 heavy (non-hydrogen) atoms. The zero-order chi connectivity index (χ0) is 18.0. The number of rotatable bonds is 6. The quantitative estimate of drug-likeness (QED) is 0.797. The average Bonchev–Trinajstić information content (AvgIpc) is 2.92. The molecule has 2 aromatic rings. The van der Waals surface area contributed by atoms with Crippen LogP contribution in [0, 0.1) is 0 Å². The van der Waals surface area contributed by atoms with Crippen LogP contribution in [0.15, 0.2) is 42.5 Å². The van der Waals surface area contributed by atoms with E-state index in [4.69, 9.17) is 28.3 Å². The van der Waals surface area contributed by atoms with Gasteiger partial charge in [-0.25, -0.2) is 0 Å². The Morgan fingerprint density at radius 1 is 1.16 bits per heavy atom. The highest BCUT2D eigenvalue weighted by molar-refractivity contribution is 6.30. The topological polar surface area (TPSA) is 40.5 Å². The van der Waals surface area contributed by atoms with Gasteiger partial charge in [0.1, 0.15) is 0 Å². The van der Waals surface area contributed by atoms with Crippen LogP contribution in [-0.2, 0) is 16.6 Å². The third-order valence-electron chi connectivity index (χ3n) is 5.13. The number of nitrogens with zero attached hydrogens (tertiary/aromatic N) is 1. The molecule has 0 saturated carbocycles. The van der Waals surface area contributed by atoms with Gasteiger partial charge in [-0.15, -0.1) is 0 Å². The lowest BCUT2D eigenvalue weighted by molar-refractivity contribution is -0.138. The molecule has 0 aromatic heterocycles. The molecule has 3 rings (SSSR count). The largest absolute Gasteiger partial charge is 0.480 e. The molecule has 0 unspecified atom stereocenters. The van der Waals surface area contributed by atoms with Crippen LogP contribution >= 0.6 is 23.2 Å². The number of carboxylic acid groups (broad SMARTS) is 1. The van der Waals surface area contributed by atoms with Gasteiger partial charge >= 0.3 is 5.97 Å². The maximum Gasteiger partial charge on any atom is 0.317 e. The molecule has 0 fully saturated rings. The summed E-state index contributed by atoms with van der Waals surface area (Å²) in [6, 6.07) is 14.1. The van der Waals surface area contributed by atoms with Crippen molar-refractivity contribution in [3.63, 3.8) is 0 Å². The van der Waals surface area contributed by atoms with Gasteiger partial charge < -0.3 is 5.11 Å². The smallest absolute Gasteiger partial charge is 0.317 e. The van der Waals surface area contributed by atoms with Crippen LogP contribution in [0.4, 0.5) is 0 Å². The molecular formula is C20H21Cl2NO2. The maximum absolute atomic E-state index is 11.0. The molecule has 5 heteroatoms. The fourth-order valence-electron chi connectivity index (χ4n) is 3.88. The Kier molecular flexibility index (Phi) is 5.38. The molecule has 1 atom stereocenters. The van der Waals surface area contributed by atoms with Crippen molar-refractivity contribution in [1.29, 1.82) is 0 Å². The van der Waals surface area contributed by atoms with Crippen molar-refractivity contribution < 1.29 is 9.90 Å². The number of aryl methyl sites for hydroxylation is 1. The molecule has 2 aromatic carbocycles. The van der Waals surface area contributed by atoms with Crippen LogP contribution < -0.4 is 0 Å². The fraction of sp³-hybridized carbons (Fsp3) is 0.350. The maximum atomic E-state index is 11.0. The zero-order valence-corrected chi connectivity index (χ0v) is 15.6. The predicted octanol–water partition coefficient (Wildman–Crippen LogP) is 4.63. The van der Waals surface area contributed by atoms with Crippen molar-refractivity contribution in [1.82, 2.24) is 4.90 Å². The molecule has 1 aliphatic carbocycles. The van der Waals surface area contributed by atoms with Gasteiger partial charge in [0, 0.05) is 15.5 Å². The van der Waals surface area contributed by atoms with E-state index < -0.39 is 5.97 Å². The third-order valence-corrected chi connectivity index (χ3v) is 5.61. The van der Waals surface area contributed by atoms with Gasteiger partial charge in [-0.3, -0.25) is 9.69 Å². The number of hydrogen-bond acceptors (Lipinski definition) is 2. The highest BCUT2D eigenvalue weighted by Crippen LogP contribution is 2.47. The SMILES string of the molecule is CN(CC[C@]1(c2ccc(Cl)cc2)CCc2cc(Cl)ccc21)CC(=O)O. The molecular weight excluding hydrogens is 357 g/mol. The predicted molar refractivity (Wildman–Crippen MR) is 102 cm³/mol. The number of hydrogen-bond donors (Lipinski definition) is 1. The van der Waals surface area contributed by atoms with Gasteiger partial charge in [-0.05, 0) is 73.8 Å². The van der Waals surface area contributed by atoms with Crippen molar-refractivity contribution in [3.8, 4) is 0 Å². The second kappa shape index (κ2) is 7.36. The van der Waals surface area contributed by atoms with Crippen LogP contribution in [0.25, 0.3) is 0 Å². The van der Waals surface area contributed by atoms with Gasteiger partial charge in [-0.2, -0.15) is 0 Å². The van der Waals surface area contributed by atoms with Crippen molar-refractivity contribution in [2.75, 3.05) is 20.1 Å². The first kappa shape index (κ1) is 18.2. The van der Waals surface area contributed by atoms with E-state index in [1.807, 2.05) is 30.1 Å². The minimum Gasteiger partial charge on any atom is -0.480 e. The van der Waals surface area contributed by atoms with E-state index in [9.17, 15) is 4.79 Å². The van der Waals surface area contributed by atoms with Crippen LogP contribution in [0.3, 0.4) is 0 Å². The van der Waals surface area contributed by atoms with E-state index in [0.717, 1.165) is 29.3 Å². The van der Waals surface area contributed by atoms with Crippen molar-refractivity contribution in [2.24, 2.45) is 0 Å². The highest BCUT2D eigenvalue weighted by Gasteiger charge is 2.40. The molecule has 0 saturated heterocycles. The summed E-state index contributed by atoms with van der Waals surface area (Å²) in [5.41, 5.74) is 3.67. The van der Waals surface area contributed by atoms with E-state index in [-0.39, 0.29) is 12.0 Å². The molecule has 1 aliphatic rings. The number of halogens is 2. The lowest BCUT2D eigenvalue weighted by Crippen LogP contribution is -2.33. The van der Waals surface area contributed by atoms with E-state index in [1.165, 1.54) is 16.7 Å². The molecule has 0 radical (unpaired) electrons. The number of benzene rings is 2. The Balaban J connectivity index is 1.96. The van der Waals surface area contributed by atoms with Gasteiger partial charge in [0.05, 0.1) is 6.54 Å². The van der Waals surface area contributed by atoms with E-state index in [0.29, 0.717) is 6.54 Å². The second-order valence-electron chi connectivity index (χ2n) is 6.77. The lowest BCUT2D eigenvalue weighted by Gasteiger charge is -2.33. The number of fused-ring (bicyclic) bond motifs is 1. The Morgan fingerprint density at radius 2 is 1.84 bits per heavy atom. The normalized spacial score (nSPS) is 19.2. The molecule has 0 amide bonds. The molecule has 0 heterocycles. The third kappa shape index (κ3) is 3.84. The number of aliphatic carboxylic acids is 1. The van der Waals surface area contributed by atoms with E-state index in [1.54, 1.807) is 0 Å². The summed E-state index contributed by atoms with van der Waals surface area (Å²) in [5, 5.41) is 10.5. The van der Waals surface area contributed by atoms with Crippen molar-refractivity contribution in [2.45, 2.75) is 24.7 Å². The van der Waals surface area contributed by atoms with Crippen LogP contribution in [0.5, 0.6) is 0 Å². The summed E-state index contributed by atoms with van der Waals surface area (Å²) < 4.78 is 0. The number of likely N-dealkylation sites (N-methyl/N-ethyl adjacent to an activating group) is 1. The minimum absolute atomic E-state index is 0.0458. The lowest BCUT2D eigenvalue weighted by atomic mass is 9.73. The Bertz CT molecular complexity index is 776. The van der Waals surface area contributed by atoms with Gasteiger partial charge in [-0.1, -0.05) is 41.4 Å². The van der Waals surface area contributed by atoms with Crippen molar-refractivity contribution >= 4 is 29.2 Å². The fourth-order valence-corrected chi connectivity index (χ4v) is 4.20. The summed E-state index contributed by atoms with van der Waals surface area (Å²) >= 11 is 12.3. The molecule has 0 bridgehead atoms. The number of carbonyl (C=O) groups is 1. The van der Waals surface area contributed by atoms with Crippen LogP contribution in [0.1, 0.15) is 29.5 Å². The summed E-state index contributed by atoms with van der Waals surface area (Å²) in [6.07, 6.45) is 2.82. The van der Waals surface area contributed by atoms with Crippen LogP contribution in [0.2, 0.25) is 10.0 Å². The first-order valence-electron chi connectivity index (χ1n) is 8.36. The Hall–Kier alpha value is -1.55. The molecule has 0 spiro atoms. The first-order valence-corrected chi connectivity index (χ1v) is 9.11.